The second-order valence-corrected chi connectivity index (χ2v) is 9.09. The Morgan fingerprint density at radius 1 is 1.03 bits per heavy atom. The van der Waals surface area contributed by atoms with E-state index in [1.54, 1.807) is 37.3 Å². The summed E-state index contributed by atoms with van der Waals surface area (Å²) in [6, 6.07) is 7.74. The molecule has 0 amide bonds. The summed E-state index contributed by atoms with van der Waals surface area (Å²) in [6.45, 7) is 0. The van der Waals surface area contributed by atoms with Crippen LogP contribution in [0.5, 0.6) is 0 Å². The number of imidazole rings is 1. The third-order valence-electron chi connectivity index (χ3n) is 6.82. The Hall–Kier alpha value is -4.57. The van der Waals surface area contributed by atoms with Crippen LogP contribution in [0.25, 0.3) is 56.0 Å². The second-order valence-electron chi connectivity index (χ2n) is 9.09. The topological polar surface area (TPSA) is 141 Å². The van der Waals surface area contributed by atoms with Crippen molar-refractivity contribution < 1.29 is 9.52 Å². The molecule has 1 aliphatic carbocycles. The number of nitrogens with zero attached hydrogens (tertiary/aromatic N) is 5. The van der Waals surface area contributed by atoms with Gasteiger partial charge in [0.05, 0.1) is 35.3 Å². The van der Waals surface area contributed by atoms with Crippen molar-refractivity contribution in [3.8, 4) is 33.9 Å². The maximum atomic E-state index is 10.4. The highest BCUT2D eigenvalue weighted by molar-refractivity contribution is 5.96. The number of fused-ring (bicyclic) bond motifs is 2. The summed E-state index contributed by atoms with van der Waals surface area (Å²) in [5.41, 5.74) is 7.05. The van der Waals surface area contributed by atoms with Gasteiger partial charge in [0, 0.05) is 41.2 Å². The average Bonchev–Trinajstić information content (AvgIpc) is 3.61. The van der Waals surface area contributed by atoms with E-state index in [-0.39, 0.29) is 0 Å². The molecule has 7 rings (SSSR count). The van der Waals surface area contributed by atoms with Crippen molar-refractivity contribution >= 4 is 27.8 Å². The van der Waals surface area contributed by atoms with Crippen molar-refractivity contribution in [1.29, 1.82) is 0 Å². The third kappa shape index (κ3) is 3.50. The first-order valence-corrected chi connectivity index (χ1v) is 11.8. The Morgan fingerprint density at radius 3 is 2.78 bits per heavy atom. The summed E-state index contributed by atoms with van der Waals surface area (Å²) >= 11 is 0. The standard InChI is InChI=1S/C26H22N8O2/c35-26(14-2-1-3-14)30-18-8-16(10-27-12-18)17-9-19-22(33-34-24(19)29-11-17)25-31-20-4-6-28-21(23(20)32-25)15-5-7-36-13-15/h4-14,26,30,35H,1-3H2,(H,31,32)(H,29,33,34). The Bertz CT molecular complexity index is 1680. The molecule has 10 heteroatoms. The molecule has 0 aromatic carbocycles. The summed E-state index contributed by atoms with van der Waals surface area (Å²) in [5.74, 6) is 0.915. The minimum Gasteiger partial charge on any atom is -0.472 e. The summed E-state index contributed by atoms with van der Waals surface area (Å²) in [5, 5.41) is 21.9. The van der Waals surface area contributed by atoms with Gasteiger partial charge in [0.2, 0.25) is 0 Å². The maximum absolute atomic E-state index is 10.4. The number of pyridine rings is 3. The predicted molar refractivity (Wildman–Crippen MR) is 135 cm³/mol. The number of aliphatic hydroxyl groups is 1. The van der Waals surface area contributed by atoms with Gasteiger partial charge in [0.15, 0.2) is 11.5 Å². The minimum atomic E-state index is -0.564. The molecule has 4 N–H and O–H groups in total. The number of H-pyrrole nitrogens is 2. The fourth-order valence-electron chi connectivity index (χ4n) is 4.62. The van der Waals surface area contributed by atoms with E-state index in [2.05, 4.69) is 35.5 Å². The lowest BCUT2D eigenvalue weighted by Crippen LogP contribution is -2.33. The molecule has 1 aliphatic rings. The van der Waals surface area contributed by atoms with E-state index in [4.69, 9.17) is 9.40 Å². The normalized spacial score (nSPS) is 14.8. The van der Waals surface area contributed by atoms with Gasteiger partial charge in [-0.05, 0) is 37.1 Å². The largest absolute Gasteiger partial charge is 0.472 e. The van der Waals surface area contributed by atoms with Gasteiger partial charge in [-0.1, -0.05) is 6.42 Å². The first kappa shape index (κ1) is 20.8. The van der Waals surface area contributed by atoms with E-state index in [9.17, 15) is 5.11 Å². The Morgan fingerprint density at radius 2 is 1.94 bits per heavy atom. The van der Waals surface area contributed by atoms with Crippen LogP contribution < -0.4 is 5.32 Å². The van der Waals surface area contributed by atoms with E-state index in [0.29, 0.717) is 23.1 Å². The molecule has 0 saturated heterocycles. The highest BCUT2D eigenvalue weighted by Gasteiger charge is 2.25. The molecule has 36 heavy (non-hydrogen) atoms. The summed E-state index contributed by atoms with van der Waals surface area (Å²) in [4.78, 5) is 21.6. The third-order valence-corrected chi connectivity index (χ3v) is 6.82. The average molecular weight is 479 g/mol. The van der Waals surface area contributed by atoms with Gasteiger partial charge in [-0.3, -0.25) is 15.1 Å². The van der Waals surface area contributed by atoms with Crippen LogP contribution in [0.4, 0.5) is 5.69 Å². The van der Waals surface area contributed by atoms with E-state index >= 15 is 0 Å². The molecule has 6 heterocycles. The van der Waals surface area contributed by atoms with Crippen molar-refractivity contribution in [2.75, 3.05) is 5.32 Å². The van der Waals surface area contributed by atoms with Crippen LogP contribution in [0.15, 0.2) is 66.0 Å². The molecule has 10 nitrogen and oxygen atoms in total. The van der Waals surface area contributed by atoms with Crippen LogP contribution in [0.1, 0.15) is 19.3 Å². The molecule has 0 aliphatic heterocycles. The fraction of sp³-hybridized carbons (Fsp3) is 0.192. The number of anilines is 1. The number of hydrogen-bond acceptors (Lipinski definition) is 8. The number of furan rings is 1. The van der Waals surface area contributed by atoms with E-state index in [0.717, 1.165) is 57.3 Å². The van der Waals surface area contributed by atoms with Crippen LogP contribution in [0.3, 0.4) is 0 Å². The van der Waals surface area contributed by atoms with Gasteiger partial charge in [0.1, 0.15) is 23.1 Å². The van der Waals surface area contributed by atoms with Crippen LogP contribution in [0.2, 0.25) is 0 Å². The molecule has 0 bridgehead atoms. The smallest absolute Gasteiger partial charge is 0.159 e. The minimum absolute atomic E-state index is 0.299. The molecule has 178 valence electrons. The lowest BCUT2D eigenvalue weighted by molar-refractivity contribution is 0.0851. The molecule has 1 unspecified atom stereocenters. The van der Waals surface area contributed by atoms with Crippen molar-refractivity contribution in [3.05, 3.63) is 61.6 Å². The van der Waals surface area contributed by atoms with Crippen LogP contribution in [-0.4, -0.2) is 46.5 Å². The summed E-state index contributed by atoms with van der Waals surface area (Å²) in [6.07, 6.45) is 13.0. The summed E-state index contributed by atoms with van der Waals surface area (Å²) < 4.78 is 5.23. The number of aromatic amines is 2. The van der Waals surface area contributed by atoms with Crippen molar-refractivity contribution in [1.82, 2.24) is 35.1 Å². The highest BCUT2D eigenvalue weighted by Crippen LogP contribution is 2.33. The van der Waals surface area contributed by atoms with Gasteiger partial charge in [-0.25, -0.2) is 9.97 Å². The Kier molecular flexibility index (Phi) is 4.78. The molecule has 1 atom stereocenters. The lowest BCUT2D eigenvalue weighted by Gasteiger charge is -2.31. The Labute approximate surface area is 204 Å². The molecule has 6 aromatic rings. The molecule has 0 radical (unpaired) electrons. The van der Waals surface area contributed by atoms with Gasteiger partial charge >= 0.3 is 0 Å². The zero-order valence-electron chi connectivity index (χ0n) is 19.1. The van der Waals surface area contributed by atoms with Crippen molar-refractivity contribution in [3.63, 3.8) is 0 Å². The maximum Gasteiger partial charge on any atom is 0.159 e. The summed E-state index contributed by atoms with van der Waals surface area (Å²) in [7, 11) is 0. The lowest BCUT2D eigenvalue weighted by atomic mass is 9.84. The number of nitrogens with one attached hydrogen (secondary N) is 3. The van der Waals surface area contributed by atoms with E-state index in [1.807, 2.05) is 24.3 Å². The predicted octanol–water partition coefficient (Wildman–Crippen LogP) is 4.75. The highest BCUT2D eigenvalue weighted by atomic mass is 16.3. The van der Waals surface area contributed by atoms with E-state index in [1.165, 1.54) is 6.42 Å². The molecular formula is C26H22N8O2. The molecular weight excluding hydrogens is 456 g/mol. The zero-order chi connectivity index (χ0) is 24.1. The number of aromatic nitrogens is 7. The van der Waals surface area contributed by atoms with Crippen LogP contribution >= 0.6 is 0 Å². The zero-order valence-corrected chi connectivity index (χ0v) is 19.1. The van der Waals surface area contributed by atoms with Gasteiger partial charge in [-0.2, -0.15) is 5.10 Å². The fourth-order valence-corrected chi connectivity index (χ4v) is 4.62. The number of rotatable bonds is 6. The van der Waals surface area contributed by atoms with Crippen LogP contribution in [-0.2, 0) is 0 Å². The van der Waals surface area contributed by atoms with Crippen molar-refractivity contribution in [2.45, 2.75) is 25.5 Å². The SMILES string of the molecule is OC(Nc1cncc(-c2cnc3[nH]nc(-c4nc5c(-c6ccoc6)nccc5[nH]4)c3c2)c1)C1CCC1. The quantitative estimate of drug-likeness (QED) is 0.251. The molecule has 0 spiro atoms. The van der Waals surface area contributed by atoms with Crippen LogP contribution in [0, 0.1) is 5.92 Å². The second kappa shape index (κ2) is 8.28. The Balaban J connectivity index is 1.26. The van der Waals surface area contributed by atoms with Gasteiger partial charge < -0.3 is 19.8 Å². The first-order chi connectivity index (χ1) is 17.7. The monoisotopic (exact) mass is 478 g/mol. The molecule has 6 aromatic heterocycles. The van der Waals surface area contributed by atoms with Crippen molar-refractivity contribution in [2.24, 2.45) is 5.92 Å². The van der Waals surface area contributed by atoms with E-state index < -0.39 is 6.23 Å². The van der Waals surface area contributed by atoms with Gasteiger partial charge in [0.25, 0.3) is 0 Å². The number of aliphatic hydroxyl groups excluding tert-OH is 1. The number of hydrogen-bond donors (Lipinski definition) is 4. The van der Waals surface area contributed by atoms with Gasteiger partial charge in [-0.15, -0.1) is 0 Å². The first-order valence-electron chi connectivity index (χ1n) is 11.8. The molecule has 1 fully saturated rings. The molecule has 1 saturated carbocycles.